The van der Waals surface area contributed by atoms with Gasteiger partial charge >= 0.3 is 6.03 Å². The first kappa shape index (κ1) is 16.6. The van der Waals surface area contributed by atoms with E-state index in [1.807, 2.05) is 19.1 Å². The van der Waals surface area contributed by atoms with Crippen LogP contribution in [-0.2, 0) is 11.2 Å². The van der Waals surface area contributed by atoms with Gasteiger partial charge in [0.1, 0.15) is 5.75 Å². The van der Waals surface area contributed by atoms with Crippen LogP contribution in [0.5, 0.6) is 5.75 Å². The maximum Gasteiger partial charge on any atom is 0.315 e. The number of hydrogen-bond acceptors (Lipinski definition) is 3. The van der Waals surface area contributed by atoms with E-state index in [1.165, 1.54) is 5.56 Å². The minimum Gasteiger partial charge on any atom is -0.497 e. The number of benzene rings is 1. The summed E-state index contributed by atoms with van der Waals surface area (Å²) in [7, 11) is 1.66. The fourth-order valence-corrected chi connectivity index (χ4v) is 2.53. The van der Waals surface area contributed by atoms with Gasteiger partial charge in [0.2, 0.25) is 0 Å². The molecule has 122 valence electrons. The zero-order valence-corrected chi connectivity index (χ0v) is 13.4. The van der Waals surface area contributed by atoms with Crippen LogP contribution in [0.25, 0.3) is 0 Å². The molecule has 1 aliphatic heterocycles. The second-order valence-electron chi connectivity index (χ2n) is 5.78. The molecule has 5 nitrogen and oxygen atoms in total. The van der Waals surface area contributed by atoms with Gasteiger partial charge < -0.3 is 20.1 Å². The Balaban J connectivity index is 1.63. The quantitative estimate of drug-likeness (QED) is 0.813. The molecular formula is C17H26N2O3. The number of carbonyl (C=O) groups excluding carboxylic acids is 1. The molecule has 2 amide bonds. The Kier molecular flexibility index (Phi) is 6.52. The molecule has 22 heavy (non-hydrogen) atoms. The molecule has 5 heteroatoms. The highest BCUT2D eigenvalue weighted by Gasteiger charge is 2.16. The van der Waals surface area contributed by atoms with Crippen LogP contribution in [0.2, 0.25) is 0 Å². The fraction of sp³-hybridized carbons (Fsp3) is 0.588. The van der Waals surface area contributed by atoms with E-state index in [9.17, 15) is 4.79 Å². The number of urea groups is 1. The molecule has 0 bridgehead atoms. The second kappa shape index (κ2) is 8.63. The smallest absolute Gasteiger partial charge is 0.315 e. The van der Waals surface area contributed by atoms with Crippen molar-refractivity contribution >= 4 is 6.03 Å². The Morgan fingerprint density at radius 3 is 2.82 bits per heavy atom. The van der Waals surface area contributed by atoms with Gasteiger partial charge in [-0.3, -0.25) is 0 Å². The summed E-state index contributed by atoms with van der Waals surface area (Å²) < 4.78 is 10.6. The number of amides is 2. The Bertz CT molecular complexity index is 455. The van der Waals surface area contributed by atoms with Crippen molar-refractivity contribution in [3.63, 3.8) is 0 Å². The van der Waals surface area contributed by atoms with Gasteiger partial charge in [0.05, 0.1) is 13.2 Å². The summed E-state index contributed by atoms with van der Waals surface area (Å²) in [4.78, 5) is 11.8. The van der Waals surface area contributed by atoms with E-state index in [0.29, 0.717) is 6.54 Å². The van der Waals surface area contributed by atoms with Crippen LogP contribution in [0.15, 0.2) is 24.3 Å². The van der Waals surface area contributed by atoms with E-state index in [4.69, 9.17) is 9.47 Å². The highest BCUT2D eigenvalue weighted by molar-refractivity contribution is 5.74. The van der Waals surface area contributed by atoms with Gasteiger partial charge in [-0.1, -0.05) is 12.1 Å². The maximum atomic E-state index is 11.8. The molecule has 2 unspecified atom stereocenters. The molecule has 0 radical (unpaired) electrons. The standard InChI is InChI=1S/C17H26N2O3/c1-13(5-6-14-7-9-15(21-2)10-8-14)19-17(20)18-12-16-4-3-11-22-16/h7-10,13,16H,3-6,11-12H2,1-2H3,(H2,18,19,20). The first-order chi connectivity index (χ1) is 10.7. The lowest BCUT2D eigenvalue weighted by atomic mass is 10.1. The zero-order chi connectivity index (χ0) is 15.8. The number of carbonyl (C=O) groups is 1. The van der Waals surface area contributed by atoms with Gasteiger partial charge in [0.15, 0.2) is 0 Å². The van der Waals surface area contributed by atoms with Crippen LogP contribution in [0, 0.1) is 0 Å². The Hall–Kier alpha value is -1.75. The van der Waals surface area contributed by atoms with Crippen molar-refractivity contribution in [3.8, 4) is 5.75 Å². The van der Waals surface area contributed by atoms with Gasteiger partial charge in [-0.15, -0.1) is 0 Å². The average molecular weight is 306 g/mol. The van der Waals surface area contributed by atoms with Crippen molar-refractivity contribution < 1.29 is 14.3 Å². The molecule has 2 N–H and O–H groups in total. The first-order valence-corrected chi connectivity index (χ1v) is 7.96. The maximum absolute atomic E-state index is 11.8. The Labute approximate surface area is 132 Å². The topological polar surface area (TPSA) is 59.6 Å². The fourth-order valence-electron chi connectivity index (χ4n) is 2.53. The summed E-state index contributed by atoms with van der Waals surface area (Å²) in [5.74, 6) is 0.864. The highest BCUT2D eigenvalue weighted by atomic mass is 16.5. The molecule has 0 aromatic heterocycles. The molecule has 0 aliphatic carbocycles. The number of nitrogens with one attached hydrogen (secondary N) is 2. The van der Waals surface area contributed by atoms with Crippen LogP contribution >= 0.6 is 0 Å². The van der Waals surface area contributed by atoms with Gasteiger partial charge in [-0.05, 0) is 50.3 Å². The SMILES string of the molecule is COc1ccc(CCC(C)NC(=O)NCC2CCCO2)cc1. The normalized spacial score (nSPS) is 18.7. The van der Waals surface area contributed by atoms with Crippen molar-refractivity contribution in [2.45, 2.75) is 44.8 Å². The Morgan fingerprint density at radius 1 is 1.41 bits per heavy atom. The van der Waals surface area contributed by atoms with E-state index in [-0.39, 0.29) is 18.2 Å². The van der Waals surface area contributed by atoms with Crippen LogP contribution in [0.4, 0.5) is 4.79 Å². The molecular weight excluding hydrogens is 280 g/mol. The third-order valence-electron chi connectivity index (χ3n) is 3.92. The highest BCUT2D eigenvalue weighted by Crippen LogP contribution is 2.13. The number of methoxy groups -OCH3 is 1. The van der Waals surface area contributed by atoms with Crippen LogP contribution < -0.4 is 15.4 Å². The average Bonchev–Trinajstić information content (AvgIpc) is 3.05. The molecule has 1 aromatic carbocycles. The molecule has 2 atom stereocenters. The van der Waals surface area contributed by atoms with Gasteiger partial charge in [-0.2, -0.15) is 0 Å². The second-order valence-corrected chi connectivity index (χ2v) is 5.78. The predicted molar refractivity (Wildman–Crippen MR) is 86.3 cm³/mol. The lowest BCUT2D eigenvalue weighted by molar-refractivity contribution is 0.111. The zero-order valence-electron chi connectivity index (χ0n) is 13.4. The third-order valence-corrected chi connectivity index (χ3v) is 3.92. The minimum atomic E-state index is -0.113. The van der Waals surface area contributed by atoms with Crippen molar-refractivity contribution in [2.24, 2.45) is 0 Å². The minimum absolute atomic E-state index is 0.113. The summed E-state index contributed by atoms with van der Waals surface area (Å²) in [5, 5.41) is 5.84. The lowest BCUT2D eigenvalue weighted by Gasteiger charge is -2.16. The number of aryl methyl sites for hydroxylation is 1. The number of rotatable bonds is 7. The monoisotopic (exact) mass is 306 g/mol. The molecule has 2 rings (SSSR count). The molecule has 0 spiro atoms. The summed E-state index contributed by atoms with van der Waals surface area (Å²) in [5.41, 5.74) is 1.24. The lowest BCUT2D eigenvalue weighted by Crippen LogP contribution is -2.43. The predicted octanol–water partition coefficient (Wildman–Crippen LogP) is 2.49. The van der Waals surface area contributed by atoms with E-state index < -0.39 is 0 Å². The van der Waals surface area contributed by atoms with Gasteiger partial charge in [0, 0.05) is 19.2 Å². The number of ether oxygens (including phenoxy) is 2. The third kappa shape index (κ3) is 5.56. The summed E-state index contributed by atoms with van der Waals surface area (Å²) in [6, 6.07) is 8.06. The molecule has 1 heterocycles. The molecule has 0 saturated carbocycles. The molecule has 1 saturated heterocycles. The Morgan fingerprint density at radius 2 is 2.18 bits per heavy atom. The van der Waals surface area contributed by atoms with Gasteiger partial charge in [-0.25, -0.2) is 4.79 Å². The van der Waals surface area contributed by atoms with Crippen molar-refractivity contribution in [1.82, 2.24) is 10.6 Å². The summed E-state index contributed by atoms with van der Waals surface area (Å²) in [6.45, 7) is 3.43. The summed E-state index contributed by atoms with van der Waals surface area (Å²) >= 11 is 0. The van der Waals surface area contributed by atoms with Crippen molar-refractivity contribution in [3.05, 3.63) is 29.8 Å². The van der Waals surface area contributed by atoms with Crippen molar-refractivity contribution in [1.29, 1.82) is 0 Å². The largest absolute Gasteiger partial charge is 0.497 e. The molecule has 1 aliphatic rings. The van der Waals surface area contributed by atoms with E-state index in [0.717, 1.165) is 38.0 Å². The van der Waals surface area contributed by atoms with E-state index in [1.54, 1.807) is 7.11 Å². The number of hydrogen-bond donors (Lipinski definition) is 2. The molecule has 1 fully saturated rings. The van der Waals surface area contributed by atoms with Gasteiger partial charge in [0.25, 0.3) is 0 Å². The van der Waals surface area contributed by atoms with E-state index >= 15 is 0 Å². The molecule has 1 aromatic rings. The van der Waals surface area contributed by atoms with Crippen molar-refractivity contribution in [2.75, 3.05) is 20.3 Å². The first-order valence-electron chi connectivity index (χ1n) is 7.96. The van der Waals surface area contributed by atoms with Crippen LogP contribution in [0.1, 0.15) is 31.7 Å². The van der Waals surface area contributed by atoms with Crippen LogP contribution in [-0.4, -0.2) is 38.4 Å². The summed E-state index contributed by atoms with van der Waals surface area (Å²) in [6.07, 6.45) is 4.14. The van der Waals surface area contributed by atoms with Crippen LogP contribution in [0.3, 0.4) is 0 Å². The van der Waals surface area contributed by atoms with E-state index in [2.05, 4.69) is 22.8 Å².